The fourth-order valence-corrected chi connectivity index (χ4v) is 3.92. The van der Waals surface area contributed by atoms with E-state index in [2.05, 4.69) is 0 Å². The number of β-lactam (4-membered cyclic amide) rings is 1. The Balaban J connectivity index is 1.54. The Morgan fingerprint density at radius 1 is 1.00 bits per heavy atom. The molecule has 0 unspecified atom stereocenters. The van der Waals surface area contributed by atoms with E-state index in [0.717, 1.165) is 16.8 Å². The summed E-state index contributed by atoms with van der Waals surface area (Å²) in [7, 11) is 0. The topological polar surface area (TPSA) is 48.0 Å². The van der Waals surface area contributed by atoms with Crippen molar-refractivity contribution in [3.63, 3.8) is 0 Å². The van der Waals surface area contributed by atoms with Crippen molar-refractivity contribution >= 4 is 23.2 Å². The van der Waals surface area contributed by atoms with E-state index < -0.39 is 6.10 Å². The largest absolute Gasteiger partial charge is 0.478 e. The second-order valence-corrected chi connectivity index (χ2v) is 7.49. The second kappa shape index (κ2) is 7.01. The molecule has 0 radical (unpaired) electrons. The van der Waals surface area contributed by atoms with Gasteiger partial charge in [-0.05, 0) is 54.4 Å². The molecule has 2 heterocycles. The third kappa shape index (κ3) is 3.08. The van der Waals surface area contributed by atoms with Gasteiger partial charge in [0, 0.05) is 10.7 Å². The number of carbonyl (C=O) groups is 1. The number of hydrogen-bond acceptors (Lipinski definition) is 4. The Bertz CT molecular complexity index is 1100. The molecule has 0 bridgehead atoms. The predicted octanol–water partition coefficient (Wildman–Crippen LogP) is 4.91. The van der Waals surface area contributed by atoms with Crippen LogP contribution in [0.25, 0.3) is 0 Å². The van der Waals surface area contributed by atoms with Crippen LogP contribution in [0.15, 0.2) is 66.7 Å². The number of amides is 1. The predicted molar refractivity (Wildman–Crippen MR) is 110 cm³/mol. The van der Waals surface area contributed by atoms with Crippen molar-refractivity contribution in [3.8, 4) is 17.2 Å². The van der Waals surface area contributed by atoms with E-state index in [1.807, 2.05) is 61.5 Å². The van der Waals surface area contributed by atoms with Gasteiger partial charge in [-0.3, -0.25) is 9.69 Å². The summed E-state index contributed by atoms with van der Waals surface area (Å²) in [4.78, 5) is 14.8. The van der Waals surface area contributed by atoms with Gasteiger partial charge in [-0.1, -0.05) is 41.9 Å². The van der Waals surface area contributed by atoms with Crippen LogP contribution < -0.4 is 19.1 Å². The fraction of sp³-hybridized carbons (Fsp3) is 0.174. The molecule has 3 aromatic rings. The van der Waals surface area contributed by atoms with Crippen LogP contribution in [0, 0.1) is 6.92 Å². The summed E-state index contributed by atoms with van der Waals surface area (Å²) in [6.07, 6.45) is -0.643. The quantitative estimate of drug-likeness (QED) is 0.576. The zero-order valence-corrected chi connectivity index (χ0v) is 16.4. The Morgan fingerprint density at radius 3 is 2.66 bits per heavy atom. The Morgan fingerprint density at radius 2 is 1.83 bits per heavy atom. The van der Waals surface area contributed by atoms with E-state index in [1.54, 1.807) is 17.0 Å². The number of benzene rings is 3. The van der Waals surface area contributed by atoms with E-state index in [9.17, 15) is 4.79 Å². The summed E-state index contributed by atoms with van der Waals surface area (Å²) < 4.78 is 17.1. The number of anilines is 1. The monoisotopic (exact) mass is 407 g/mol. The number of halogens is 1. The van der Waals surface area contributed by atoms with Crippen LogP contribution >= 0.6 is 11.6 Å². The van der Waals surface area contributed by atoms with Crippen LogP contribution in [0.3, 0.4) is 0 Å². The van der Waals surface area contributed by atoms with E-state index in [-0.39, 0.29) is 18.7 Å². The van der Waals surface area contributed by atoms with Crippen molar-refractivity contribution in [2.24, 2.45) is 0 Å². The highest BCUT2D eigenvalue weighted by atomic mass is 35.5. The molecule has 6 heteroatoms. The molecular weight excluding hydrogens is 390 g/mol. The number of rotatable bonds is 4. The minimum atomic E-state index is -0.643. The smallest absolute Gasteiger partial charge is 0.271 e. The van der Waals surface area contributed by atoms with E-state index in [4.69, 9.17) is 25.8 Å². The average Bonchev–Trinajstić information content (AvgIpc) is 3.19. The Hall–Kier alpha value is -3.18. The minimum Gasteiger partial charge on any atom is -0.478 e. The minimum absolute atomic E-state index is 0.113. The molecule has 1 fully saturated rings. The zero-order chi connectivity index (χ0) is 20.0. The summed E-state index contributed by atoms with van der Waals surface area (Å²) in [5, 5.41) is 0.572. The number of nitrogens with zero attached hydrogens (tertiary/aromatic N) is 1. The highest BCUT2D eigenvalue weighted by Gasteiger charge is 2.51. The molecule has 29 heavy (non-hydrogen) atoms. The SMILES string of the molecule is Cc1ccccc1O[C@H]1C(=O)N(c2cccc(Cl)c2)[C@@H]1c1ccc2c(c1)OCO2. The van der Waals surface area contributed by atoms with Crippen LogP contribution in [0.5, 0.6) is 17.2 Å². The Labute approximate surface area is 173 Å². The standard InChI is InChI=1S/C23H18ClNO4/c1-14-5-2-3-8-18(14)29-22-21(15-9-10-19-20(11-15)28-13-27-19)25(23(22)26)17-7-4-6-16(24)12-17/h2-12,21-22H,13H2,1H3/t21-,22-/m1/s1. The first-order valence-electron chi connectivity index (χ1n) is 9.32. The Kier molecular flexibility index (Phi) is 4.32. The lowest BCUT2D eigenvalue weighted by atomic mass is 9.89. The first-order valence-corrected chi connectivity index (χ1v) is 9.70. The van der Waals surface area contributed by atoms with Crippen molar-refractivity contribution < 1.29 is 19.0 Å². The molecule has 0 aromatic heterocycles. The van der Waals surface area contributed by atoms with Gasteiger partial charge >= 0.3 is 0 Å². The van der Waals surface area contributed by atoms with Crippen LogP contribution in [0.4, 0.5) is 5.69 Å². The maximum absolute atomic E-state index is 13.1. The molecule has 2 aliphatic rings. The highest BCUT2D eigenvalue weighted by molar-refractivity contribution is 6.31. The van der Waals surface area contributed by atoms with Gasteiger partial charge in [0.1, 0.15) is 11.8 Å². The number of fused-ring (bicyclic) bond motifs is 1. The van der Waals surface area contributed by atoms with Crippen molar-refractivity contribution in [2.45, 2.75) is 19.1 Å². The first kappa shape index (κ1) is 17.9. The highest BCUT2D eigenvalue weighted by Crippen LogP contribution is 2.44. The molecule has 1 amide bonds. The van der Waals surface area contributed by atoms with E-state index >= 15 is 0 Å². The van der Waals surface area contributed by atoms with Gasteiger partial charge < -0.3 is 14.2 Å². The molecule has 5 nitrogen and oxygen atoms in total. The van der Waals surface area contributed by atoms with Crippen LogP contribution in [-0.4, -0.2) is 18.8 Å². The molecule has 146 valence electrons. The third-order valence-electron chi connectivity index (χ3n) is 5.22. The fourth-order valence-electron chi connectivity index (χ4n) is 3.74. The van der Waals surface area contributed by atoms with Gasteiger partial charge in [0.25, 0.3) is 5.91 Å². The number of carbonyl (C=O) groups excluding carboxylic acids is 1. The number of ether oxygens (including phenoxy) is 3. The van der Waals surface area contributed by atoms with E-state index in [0.29, 0.717) is 22.3 Å². The molecular formula is C23H18ClNO4. The van der Waals surface area contributed by atoms with Crippen molar-refractivity contribution in [1.29, 1.82) is 0 Å². The third-order valence-corrected chi connectivity index (χ3v) is 5.45. The first-order chi connectivity index (χ1) is 14.1. The van der Waals surface area contributed by atoms with Gasteiger partial charge in [-0.25, -0.2) is 0 Å². The summed E-state index contributed by atoms with van der Waals surface area (Å²) in [6.45, 7) is 2.16. The molecule has 2 atom stereocenters. The second-order valence-electron chi connectivity index (χ2n) is 7.05. The van der Waals surface area contributed by atoms with Crippen LogP contribution in [0.2, 0.25) is 5.02 Å². The molecule has 0 aliphatic carbocycles. The molecule has 0 N–H and O–H groups in total. The van der Waals surface area contributed by atoms with Gasteiger partial charge in [0.2, 0.25) is 12.9 Å². The van der Waals surface area contributed by atoms with Crippen molar-refractivity contribution in [3.05, 3.63) is 82.9 Å². The molecule has 2 aliphatic heterocycles. The average molecular weight is 408 g/mol. The molecule has 1 saturated heterocycles. The van der Waals surface area contributed by atoms with Gasteiger partial charge in [-0.2, -0.15) is 0 Å². The summed E-state index contributed by atoms with van der Waals surface area (Å²) in [5.74, 6) is 1.95. The molecule has 5 rings (SSSR count). The molecule has 0 spiro atoms. The van der Waals surface area contributed by atoms with E-state index in [1.165, 1.54) is 0 Å². The van der Waals surface area contributed by atoms with Crippen molar-refractivity contribution in [2.75, 3.05) is 11.7 Å². The zero-order valence-electron chi connectivity index (χ0n) is 15.7. The summed E-state index contributed by atoms with van der Waals surface area (Å²) in [6, 6.07) is 20.3. The van der Waals surface area contributed by atoms with Crippen LogP contribution in [0.1, 0.15) is 17.2 Å². The van der Waals surface area contributed by atoms with Crippen LogP contribution in [-0.2, 0) is 4.79 Å². The summed E-state index contributed by atoms with van der Waals surface area (Å²) >= 11 is 6.17. The van der Waals surface area contributed by atoms with Gasteiger partial charge in [0.15, 0.2) is 11.5 Å². The lowest BCUT2D eigenvalue weighted by Gasteiger charge is -2.46. The van der Waals surface area contributed by atoms with Gasteiger partial charge in [0.05, 0.1) is 0 Å². The maximum atomic E-state index is 13.1. The normalized spacial score (nSPS) is 19.8. The van der Waals surface area contributed by atoms with Crippen molar-refractivity contribution in [1.82, 2.24) is 0 Å². The molecule has 0 saturated carbocycles. The summed E-state index contributed by atoms with van der Waals surface area (Å²) in [5.41, 5.74) is 2.62. The lowest BCUT2D eigenvalue weighted by molar-refractivity contribution is -0.135. The van der Waals surface area contributed by atoms with Gasteiger partial charge in [-0.15, -0.1) is 0 Å². The maximum Gasteiger partial charge on any atom is 0.271 e. The number of para-hydroxylation sites is 1. The lowest BCUT2D eigenvalue weighted by Crippen LogP contribution is -2.61. The molecule has 3 aromatic carbocycles. The number of hydrogen-bond donors (Lipinski definition) is 0. The number of aryl methyl sites for hydroxylation is 1.